The highest BCUT2D eigenvalue weighted by atomic mass is 14.8. The Balaban J connectivity index is 2.18. The van der Waals surface area contributed by atoms with Crippen LogP contribution in [-0.2, 0) is 0 Å². The van der Waals surface area contributed by atoms with Gasteiger partial charge in [-0.15, -0.1) is 0 Å². The third-order valence-corrected chi connectivity index (χ3v) is 4.81. The normalized spacial score (nSPS) is 11.0. The van der Waals surface area contributed by atoms with Crippen molar-refractivity contribution >= 4 is 43.4 Å². The maximum absolute atomic E-state index is 9.44. The van der Waals surface area contributed by atoms with Gasteiger partial charge in [-0.05, 0) is 33.7 Å². The fraction of sp³-hybridized carbons (Fsp3) is 0. The first-order chi connectivity index (χ1) is 12.8. The first kappa shape index (κ1) is 14.3. The van der Waals surface area contributed by atoms with Crippen LogP contribution >= 0.6 is 0 Å². The quantitative estimate of drug-likeness (QED) is 0.381. The van der Waals surface area contributed by atoms with Crippen LogP contribution in [0.1, 0.15) is 11.1 Å². The minimum Gasteiger partial charge on any atom is -0.252 e. The fourth-order valence-electron chi connectivity index (χ4n) is 3.67. The van der Waals surface area contributed by atoms with E-state index in [1.807, 2.05) is 12.1 Å². The van der Waals surface area contributed by atoms with Crippen molar-refractivity contribution in [1.82, 2.24) is 9.97 Å². The predicted molar refractivity (Wildman–Crippen MR) is 101 cm³/mol. The van der Waals surface area contributed by atoms with Crippen LogP contribution in [0.2, 0.25) is 0 Å². The number of hydrogen-bond donors (Lipinski definition) is 0. The molecule has 4 aromatic carbocycles. The Bertz CT molecular complexity index is 1450. The molecule has 5 rings (SSSR count). The summed E-state index contributed by atoms with van der Waals surface area (Å²) in [5.74, 6) is 0. The lowest BCUT2D eigenvalue weighted by atomic mass is 9.93. The lowest BCUT2D eigenvalue weighted by Crippen LogP contribution is -1.92. The summed E-state index contributed by atoms with van der Waals surface area (Å²) in [6, 6.07) is 20.1. The van der Waals surface area contributed by atoms with Crippen molar-refractivity contribution in [2.75, 3.05) is 0 Å². The minimum absolute atomic E-state index is 0.354. The Morgan fingerprint density at radius 2 is 1.35 bits per heavy atom. The molecule has 4 heteroatoms. The van der Waals surface area contributed by atoms with Crippen molar-refractivity contribution in [2.24, 2.45) is 0 Å². The Morgan fingerprint density at radius 3 is 2.12 bits per heavy atom. The molecular weight excluding hydrogens is 320 g/mol. The molecule has 26 heavy (non-hydrogen) atoms. The highest BCUT2D eigenvalue weighted by Gasteiger charge is 2.15. The van der Waals surface area contributed by atoms with Crippen LogP contribution in [0.4, 0.5) is 0 Å². The van der Waals surface area contributed by atoms with Crippen molar-refractivity contribution in [3.8, 4) is 12.1 Å². The van der Waals surface area contributed by atoms with Crippen LogP contribution < -0.4 is 0 Å². The molecule has 0 atom stereocenters. The summed E-state index contributed by atoms with van der Waals surface area (Å²) in [7, 11) is 0. The van der Waals surface area contributed by atoms with Gasteiger partial charge >= 0.3 is 0 Å². The maximum Gasteiger partial charge on any atom is 0.101 e. The van der Waals surface area contributed by atoms with E-state index < -0.39 is 0 Å². The zero-order valence-electron chi connectivity index (χ0n) is 13.6. The number of nitriles is 2. The molecule has 0 aliphatic rings. The van der Waals surface area contributed by atoms with Gasteiger partial charge in [0.05, 0.1) is 22.2 Å². The smallest absolute Gasteiger partial charge is 0.101 e. The van der Waals surface area contributed by atoms with Gasteiger partial charge in [0.1, 0.15) is 12.1 Å². The number of aromatic nitrogens is 2. The summed E-state index contributed by atoms with van der Waals surface area (Å²) >= 11 is 0. The first-order valence-corrected chi connectivity index (χ1v) is 8.14. The number of fused-ring (bicyclic) bond motifs is 8. The van der Waals surface area contributed by atoms with Crippen LogP contribution in [0.15, 0.2) is 60.9 Å². The highest BCUT2D eigenvalue weighted by Crippen LogP contribution is 2.38. The van der Waals surface area contributed by atoms with Gasteiger partial charge in [-0.3, -0.25) is 9.97 Å². The molecule has 0 aliphatic carbocycles. The molecule has 0 aliphatic heterocycles. The summed E-state index contributed by atoms with van der Waals surface area (Å²) in [5, 5.41) is 24.8. The molecule has 0 N–H and O–H groups in total. The van der Waals surface area contributed by atoms with Crippen molar-refractivity contribution < 1.29 is 0 Å². The third kappa shape index (κ3) is 1.81. The molecule has 0 amide bonds. The molecule has 4 nitrogen and oxygen atoms in total. The van der Waals surface area contributed by atoms with Crippen molar-refractivity contribution in [3.63, 3.8) is 0 Å². The predicted octanol–water partition coefficient (Wildman–Crippen LogP) is 4.83. The van der Waals surface area contributed by atoms with Gasteiger partial charge in [0.25, 0.3) is 0 Å². The fourth-order valence-corrected chi connectivity index (χ4v) is 3.67. The summed E-state index contributed by atoms with van der Waals surface area (Å²) in [6.07, 6.45) is 3.34. The number of benzene rings is 4. The van der Waals surface area contributed by atoms with E-state index in [2.05, 4.69) is 46.4 Å². The average Bonchev–Trinajstić information content (AvgIpc) is 2.72. The van der Waals surface area contributed by atoms with Gasteiger partial charge in [-0.25, -0.2) is 0 Å². The van der Waals surface area contributed by atoms with Gasteiger partial charge in [0.15, 0.2) is 0 Å². The van der Waals surface area contributed by atoms with Crippen molar-refractivity contribution in [2.45, 2.75) is 0 Å². The van der Waals surface area contributed by atoms with Crippen LogP contribution in [0.5, 0.6) is 0 Å². The second-order valence-electron chi connectivity index (χ2n) is 6.13. The minimum atomic E-state index is 0.354. The standard InChI is InChI=1S/C22H10N4/c23-11-14-9-18-17-6-5-13-3-1-2-4-16(13)20(17)22-21(25-7-8-26-22)19(18)10-15(14)12-24/h1-10H. The van der Waals surface area contributed by atoms with E-state index in [1.54, 1.807) is 24.5 Å². The van der Waals surface area contributed by atoms with E-state index in [0.717, 1.165) is 43.4 Å². The summed E-state index contributed by atoms with van der Waals surface area (Å²) in [4.78, 5) is 9.14. The van der Waals surface area contributed by atoms with E-state index in [-0.39, 0.29) is 0 Å². The van der Waals surface area contributed by atoms with Gasteiger partial charge in [-0.2, -0.15) is 10.5 Å². The molecule has 0 unspecified atom stereocenters. The van der Waals surface area contributed by atoms with Gasteiger partial charge in [-0.1, -0.05) is 36.4 Å². The molecule has 0 saturated carbocycles. The van der Waals surface area contributed by atoms with Gasteiger partial charge in [0.2, 0.25) is 0 Å². The van der Waals surface area contributed by atoms with Gasteiger partial charge < -0.3 is 0 Å². The Labute approximate surface area is 148 Å². The molecule has 5 aromatic rings. The van der Waals surface area contributed by atoms with E-state index in [0.29, 0.717) is 11.1 Å². The zero-order chi connectivity index (χ0) is 17.7. The summed E-state index contributed by atoms with van der Waals surface area (Å²) < 4.78 is 0. The van der Waals surface area contributed by atoms with Crippen LogP contribution in [0, 0.1) is 22.7 Å². The molecule has 0 fully saturated rings. The summed E-state index contributed by atoms with van der Waals surface area (Å²) in [5.41, 5.74) is 2.28. The average molecular weight is 330 g/mol. The lowest BCUT2D eigenvalue weighted by molar-refractivity contribution is 1.31. The summed E-state index contributed by atoms with van der Waals surface area (Å²) in [6.45, 7) is 0. The first-order valence-electron chi connectivity index (χ1n) is 8.14. The Kier molecular flexibility index (Phi) is 2.89. The van der Waals surface area contributed by atoms with Crippen LogP contribution in [-0.4, -0.2) is 9.97 Å². The van der Waals surface area contributed by atoms with Crippen LogP contribution in [0.25, 0.3) is 43.4 Å². The van der Waals surface area contributed by atoms with E-state index >= 15 is 0 Å². The molecule has 0 radical (unpaired) electrons. The second kappa shape index (κ2) is 5.24. The monoisotopic (exact) mass is 330 g/mol. The molecule has 0 spiro atoms. The topological polar surface area (TPSA) is 73.4 Å². The third-order valence-electron chi connectivity index (χ3n) is 4.81. The molecule has 1 aromatic heterocycles. The highest BCUT2D eigenvalue weighted by molar-refractivity contribution is 6.29. The lowest BCUT2D eigenvalue weighted by Gasteiger charge is -2.12. The van der Waals surface area contributed by atoms with E-state index in [9.17, 15) is 10.5 Å². The van der Waals surface area contributed by atoms with Crippen LogP contribution in [0.3, 0.4) is 0 Å². The van der Waals surface area contributed by atoms with Gasteiger partial charge in [0, 0.05) is 23.2 Å². The van der Waals surface area contributed by atoms with Crippen molar-refractivity contribution in [1.29, 1.82) is 10.5 Å². The molecule has 0 saturated heterocycles. The molecule has 0 bridgehead atoms. The molecular formula is C22H10N4. The number of nitrogens with zero attached hydrogens (tertiary/aromatic N) is 4. The number of rotatable bonds is 0. The SMILES string of the molecule is N#Cc1cc2c(cc1C#N)c1nccnc1c1c3ccccc3ccc21. The van der Waals surface area contributed by atoms with Crippen molar-refractivity contribution in [3.05, 3.63) is 72.1 Å². The van der Waals surface area contributed by atoms with E-state index in [1.165, 1.54) is 0 Å². The molecule has 118 valence electrons. The largest absolute Gasteiger partial charge is 0.252 e. The molecule has 1 heterocycles. The maximum atomic E-state index is 9.44. The number of hydrogen-bond acceptors (Lipinski definition) is 4. The van der Waals surface area contributed by atoms with E-state index in [4.69, 9.17) is 0 Å². The Morgan fingerprint density at radius 1 is 0.654 bits per heavy atom. The Hall–Kier alpha value is -4.02. The zero-order valence-corrected chi connectivity index (χ0v) is 13.6. The second-order valence-corrected chi connectivity index (χ2v) is 6.13.